The molecule has 6 nitrogen and oxygen atoms in total. The van der Waals surface area contributed by atoms with Crippen LogP contribution < -0.4 is 0 Å². The van der Waals surface area contributed by atoms with Crippen molar-refractivity contribution < 1.29 is 14.8 Å². The van der Waals surface area contributed by atoms with E-state index in [1.54, 1.807) is 18.2 Å². The third-order valence-electron chi connectivity index (χ3n) is 5.11. The highest BCUT2D eigenvalue weighted by atomic mass is 16.6. The molecule has 136 valence electrons. The van der Waals surface area contributed by atoms with E-state index >= 15 is 0 Å². The number of aromatic amines is 1. The van der Waals surface area contributed by atoms with Gasteiger partial charge in [-0.15, -0.1) is 0 Å². The summed E-state index contributed by atoms with van der Waals surface area (Å²) in [5.74, 6) is -0.981. The lowest BCUT2D eigenvalue weighted by Crippen LogP contribution is -2.00. The highest BCUT2D eigenvalue weighted by Crippen LogP contribution is 2.40. The number of nitro groups is 1. The molecule has 6 heteroatoms. The molecular weight excluding hydrogens is 344 g/mol. The van der Waals surface area contributed by atoms with Crippen molar-refractivity contribution in [2.24, 2.45) is 0 Å². The Morgan fingerprint density at radius 1 is 1.04 bits per heavy atom. The fourth-order valence-corrected chi connectivity index (χ4v) is 3.84. The van der Waals surface area contributed by atoms with Gasteiger partial charge in [0.2, 0.25) is 0 Å². The van der Waals surface area contributed by atoms with E-state index in [1.165, 1.54) is 23.3 Å². The molecule has 0 bridgehead atoms. The largest absolute Gasteiger partial charge is 0.477 e. The molecule has 0 fully saturated rings. The maximum atomic E-state index is 11.3. The van der Waals surface area contributed by atoms with Crippen molar-refractivity contribution >= 4 is 33.7 Å². The Balaban J connectivity index is 1.88. The summed E-state index contributed by atoms with van der Waals surface area (Å²) in [7, 11) is 0. The molecule has 0 spiro atoms. The van der Waals surface area contributed by atoms with Crippen LogP contribution in [0.2, 0.25) is 0 Å². The number of hydrogen-bond donors (Lipinski definition) is 2. The van der Waals surface area contributed by atoms with Gasteiger partial charge in [-0.2, -0.15) is 0 Å². The number of carboxylic acid groups (broad SMARTS) is 1. The lowest BCUT2D eigenvalue weighted by molar-refractivity contribution is -0.384. The first-order valence-electron chi connectivity index (χ1n) is 8.87. The normalized spacial score (nSPS) is 14.5. The zero-order valence-corrected chi connectivity index (χ0v) is 14.6. The third kappa shape index (κ3) is 3.10. The molecule has 1 aliphatic rings. The molecule has 0 atom stereocenters. The number of nitrogens with one attached hydrogen (secondary N) is 1. The number of nitro benzene ring substituents is 1. The van der Waals surface area contributed by atoms with Gasteiger partial charge in [0.25, 0.3) is 5.69 Å². The van der Waals surface area contributed by atoms with Crippen LogP contribution in [-0.2, 0) is 0 Å². The van der Waals surface area contributed by atoms with Crippen molar-refractivity contribution in [2.75, 3.05) is 0 Å². The topological polar surface area (TPSA) is 96.2 Å². The third-order valence-corrected chi connectivity index (χ3v) is 5.11. The van der Waals surface area contributed by atoms with Crippen LogP contribution in [0.25, 0.3) is 22.0 Å². The average Bonchev–Trinajstić information content (AvgIpc) is 3.13. The van der Waals surface area contributed by atoms with Gasteiger partial charge < -0.3 is 10.1 Å². The standard InChI is InChI=1S/C21H18N2O4/c24-21(25)20-12-18-17(6-3-7-19(18)22-20)16-5-2-1-4-15(16)13-8-10-14(11-9-13)23(26)27/h3,6-12,22H,1-2,4-5H2,(H,24,25). The van der Waals surface area contributed by atoms with Crippen LogP contribution >= 0.6 is 0 Å². The number of carboxylic acids is 1. The molecule has 1 aliphatic carbocycles. The average molecular weight is 362 g/mol. The molecule has 1 heterocycles. The molecule has 2 aromatic carbocycles. The molecular formula is C21H18N2O4. The van der Waals surface area contributed by atoms with Crippen molar-refractivity contribution in [1.82, 2.24) is 4.98 Å². The molecule has 4 rings (SSSR count). The van der Waals surface area contributed by atoms with Gasteiger partial charge in [-0.25, -0.2) is 4.79 Å². The number of rotatable bonds is 4. The summed E-state index contributed by atoms with van der Waals surface area (Å²) < 4.78 is 0. The number of hydrogen-bond acceptors (Lipinski definition) is 3. The monoisotopic (exact) mass is 362 g/mol. The number of carbonyl (C=O) groups is 1. The zero-order chi connectivity index (χ0) is 19.0. The Morgan fingerprint density at radius 2 is 1.74 bits per heavy atom. The summed E-state index contributed by atoms with van der Waals surface area (Å²) >= 11 is 0. The predicted octanol–water partition coefficient (Wildman–Crippen LogP) is 5.26. The van der Waals surface area contributed by atoms with Gasteiger partial charge in [0.05, 0.1) is 4.92 Å². The van der Waals surface area contributed by atoms with Gasteiger partial charge >= 0.3 is 5.97 Å². The van der Waals surface area contributed by atoms with E-state index in [9.17, 15) is 20.0 Å². The van der Waals surface area contributed by atoms with E-state index in [0.717, 1.165) is 47.7 Å². The quantitative estimate of drug-likeness (QED) is 0.489. The van der Waals surface area contributed by atoms with E-state index in [1.807, 2.05) is 18.2 Å². The number of nitrogens with zero attached hydrogens (tertiary/aromatic N) is 1. The van der Waals surface area contributed by atoms with Gasteiger partial charge in [-0.3, -0.25) is 10.1 Å². The number of allylic oxidation sites excluding steroid dienone is 2. The van der Waals surface area contributed by atoms with E-state index in [2.05, 4.69) is 4.98 Å². The highest BCUT2D eigenvalue weighted by Gasteiger charge is 2.20. The minimum atomic E-state index is -0.981. The smallest absolute Gasteiger partial charge is 0.352 e. The molecule has 0 unspecified atom stereocenters. The second-order valence-electron chi connectivity index (χ2n) is 6.72. The number of non-ortho nitro benzene ring substituents is 1. The summed E-state index contributed by atoms with van der Waals surface area (Å²) in [6, 6.07) is 14.2. The fraction of sp³-hybridized carbons (Fsp3) is 0.190. The van der Waals surface area contributed by atoms with Gasteiger partial charge in [0.1, 0.15) is 5.69 Å². The van der Waals surface area contributed by atoms with Crippen LogP contribution in [0.4, 0.5) is 5.69 Å². The first-order valence-corrected chi connectivity index (χ1v) is 8.87. The van der Waals surface area contributed by atoms with E-state index in [4.69, 9.17) is 0 Å². The van der Waals surface area contributed by atoms with Gasteiger partial charge in [0, 0.05) is 23.0 Å². The maximum Gasteiger partial charge on any atom is 0.352 e. The van der Waals surface area contributed by atoms with Crippen molar-refractivity contribution in [3.8, 4) is 0 Å². The Hall–Kier alpha value is -3.41. The summed E-state index contributed by atoms with van der Waals surface area (Å²) in [5.41, 5.74) is 5.44. The number of aromatic carboxylic acids is 1. The molecule has 1 aromatic heterocycles. The molecule has 0 amide bonds. The van der Waals surface area contributed by atoms with Crippen LogP contribution in [0.15, 0.2) is 48.5 Å². The van der Waals surface area contributed by atoms with Gasteiger partial charge in [0.15, 0.2) is 0 Å². The summed E-state index contributed by atoms with van der Waals surface area (Å²) in [6.07, 6.45) is 3.94. The van der Waals surface area contributed by atoms with Gasteiger partial charge in [-0.1, -0.05) is 12.1 Å². The molecule has 0 saturated heterocycles. The second-order valence-corrected chi connectivity index (χ2v) is 6.72. The number of fused-ring (bicyclic) bond motifs is 1. The Bertz CT molecular complexity index is 1080. The predicted molar refractivity (Wildman–Crippen MR) is 104 cm³/mol. The molecule has 2 N–H and O–H groups in total. The molecule has 0 saturated carbocycles. The number of benzene rings is 2. The molecule has 0 radical (unpaired) electrons. The lowest BCUT2D eigenvalue weighted by atomic mass is 9.83. The van der Waals surface area contributed by atoms with Crippen LogP contribution in [-0.4, -0.2) is 21.0 Å². The first-order chi connectivity index (χ1) is 13.0. The van der Waals surface area contributed by atoms with E-state index in [-0.39, 0.29) is 11.4 Å². The first kappa shape index (κ1) is 17.0. The summed E-state index contributed by atoms with van der Waals surface area (Å²) in [4.78, 5) is 24.8. The van der Waals surface area contributed by atoms with Gasteiger partial charge in [-0.05, 0) is 72.2 Å². The maximum absolute atomic E-state index is 11.3. The zero-order valence-electron chi connectivity index (χ0n) is 14.6. The molecule has 27 heavy (non-hydrogen) atoms. The van der Waals surface area contributed by atoms with Crippen molar-refractivity contribution in [3.63, 3.8) is 0 Å². The molecule has 3 aromatic rings. The van der Waals surface area contributed by atoms with Crippen molar-refractivity contribution in [1.29, 1.82) is 0 Å². The van der Waals surface area contributed by atoms with Crippen molar-refractivity contribution in [3.05, 3.63) is 75.5 Å². The summed E-state index contributed by atoms with van der Waals surface area (Å²) in [6.45, 7) is 0. The lowest BCUT2D eigenvalue weighted by Gasteiger charge is -2.22. The van der Waals surface area contributed by atoms with Crippen LogP contribution in [0.3, 0.4) is 0 Å². The van der Waals surface area contributed by atoms with Crippen molar-refractivity contribution in [2.45, 2.75) is 25.7 Å². The Labute approximate surface area is 155 Å². The number of aromatic nitrogens is 1. The van der Waals surface area contributed by atoms with Crippen LogP contribution in [0.1, 0.15) is 47.3 Å². The Kier molecular flexibility index (Phi) is 4.24. The summed E-state index contributed by atoms with van der Waals surface area (Å²) in [5, 5.41) is 21.1. The second kappa shape index (κ2) is 6.72. The highest BCUT2D eigenvalue weighted by molar-refractivity contribution is 6.03. The minimum Gasteiger partial charge on any atom is -0.477 e. The fourth-order valence-electron chi connectivity index (χ4n) is 3.84. The van der Waals surface area contributed by atoms with Crippen LogP contribution in [0.5, 0.6) is 0 Å². The van der Waals surface area contributed by atoms with E-state index < -0.39 is 10.9 Å². The van der Waals surface area contributed by atoms with E-state index in [0.29, 0.717) is 0 Å². The SMILES string of the molecule is O=C(O)c1cc2c(C3=C(c4ccc([N+](=O)[O-])cc4)CCCC3)cccc2[nH]1. The minimum absolute atomic E-state index is 0.0792. The number of H-pyrrole nitrogens is 1. The molecule has 0 aliphatic heterocycles. The van der Waals surface area contributed by atoms with Crippen LogP contribution in [0, 0.1) is 10.1 Å². The Morgan fingerprint density at radius 3 is 2.41 bits per heavy atom.